The minimum absolute atomic E-state index is 0.0217. The van der Waals surface area contributed by atoms with Crippen LogP contribution in [-0.2, 0) is 22.7 Å². The second-order valence-corrected chi connectivity index (χ2v) is 9.96. The molecule has 0 aliphatic heterocycles. The van der Waals surface area contributed by atoms with Crippen LogP contribution >= 0.6 is 0 Å². The summed E-state index contributed by atoms with van der Waals surface area (Å²) in [5.74, 6) is -0.696. The van der Waals surface area contributed by atoms with Gasteiger partial charge in [-0.2, -0.15) is 18.3 Å². The molecule has 240 valence electrons. The van der Waals surface area contributed by atoms with Crippen LogP contribution in [0.25, 0.3) is 16.9 Å². The highest BCUT2D eigenvalue weighted by Crippen LogP contribution is 2.31. The van der Waals surface area contributed by atoms with Crippen LogP contribution in [0.3, 0.4) is 0 Å². The van der Waals surface area contributed by atoms with Crippen LogP contribution in [0.1, 0.15) is 47.8 Å². The lowest BCUT2D eigenvalue weighted by Crippen LogP contribution is -2.37. The quantitative estimate of drug-likeness (QED) is 0.209. The molecule has 1 aromatic carbocycles. The van der Waals surface area contributed by atoms with Gasteiger partial charge in [-0.15, -0.1) is 0 Å². The Morgan fingerprint density at radius 3 is 2.25 bits per heavy atom. The van der Waals surface area contributed by atoms with E-state index in [-0.39, 0.29) is 43.6 Å². The van der Waals surface area contributed by atoms with Crippen molar-refractivity contribution in [2.24, 2.45) is 7.05 Å². The lowest BCUT2D eigenvalue weighted by molar-refractivity contribution is -0.137. The van der Waals surface area contributed by atoms with E-state index in [0.29, 0.717) is 36.6 Å². The summed E-state index contributed by atoms with van der Waals surface area (Å²) in [6.45, 7) is 5.73. The van der Waals surface area contributed by atoms with Gasteiger partial charge < -0.3 is 25.4 Å². The van der Waals surface area contributed by atoms with E-state index < -0.39 is 23.2 Å². The summed E-state index contributed by atoms with van der Waals surface area (Å²) < 4.78 is 53.8. The molecule has 0 aliphatic rings. The van der Waals surface area contributed by atoms with Gasteiger partial charge in [0.25, 0.3) is 11.5 Å². The van der Waals surface area contributed by atoms with Gasteiger partial charge in [-0.05, 0) is 43.7 Å². The molecule has 0 spiro atoms. The second-order valence-electron chi connectivity index (χ2n) is 9.96. The molecule has 0 atom stereocenters. The molecular weight excluding hydrogens is 581 g/mol. The number of urea groups is 1. The van der Waals surface area contributed by atoms with Crippen LogP contribution in [-0.4, -0.2) is 72.3 Å². The lowest BCUT2D eigenvalue weighted by atomic mass is 10.1. The summed E-state index contributed by atoms with van der Waals surface area (Å²) in [4.78, 5) is 38.2. The van der Waals surface area contributed by atoms with Gasteiger partial charge in [0.1, 0.15) is 5.56 Å². The molecule has 3 amide bonds. The fourth-order valence-electron chi connectivity index (χ4n) is 4.43. The average molecular weight is 621 g/mol. The standard InChI is InChI=1S/C30H39F3N6O5/c1-4-5-6-11-35-29(42)36-14-16-44-18-17-43-15-13-34-27(40)25-20-24(26-10-12-37-38(26)3)21(2)39(28(25)41)23-9-7-8-22(19-23)30(31,32)33/h7-10,12,19-20H,4-6,11,13-18H2,1-3H3,(H,34,40)(H2,35,36,42). The van der Waals surface area contributed by atoms with E-state index in [4.69, 9.17) is 9.47 Å². The average Bonchev–Trinajstić information content (AvgIpc) is 3.41. The van der Waals surface area contributed by atoms with Crippen molar-refractivity contribution in [2.75, 3.05) is 46.1 Å². The van der Waals surface area contributed by atoms with Crippen molar-refractivity contribution in [1.82, 2.24) is 30.3 Å². The molecule has 3 N–H and O–H groups in total. The van der Waals surface area contributed by atoms with Gasteiger partial charge in [0, 0.05) is 49.8 Å². The van der Waals surface area contributed by atoms with E-state index in [9.17, 15) is 27.6 Å². The number of ether oxygens (including phenoxy) is 2. The molecule has 2 heterocycles. The number of nitrogens with zero attached hydrogens (tertiary/aromatic N) is 3. The zero-order chi connectivity index (χ0) is 32.1. The van der Waals surface area contributed by atoms with E-state index in [0.717, 1.165) is 36.0 Å². The highest BCUT2D eigenvalue weighted by Gasteiger charge is 2.31. The number of halogens is 3. The number of rotatable bonds is 16. The van der Waals surface area contributed by atoms with Gasteiger partial charge in [0.15, 0.2) is 0 Å². The van der Waals surface area contributed by atoms with Crippen LogP contribution in [0.15, 0.2) is 47.4 Å². The molecule has 0 bridgehead atoms. The molecule has 2 aromatic heterocycles. The van der Waals surface area contributed by atoms with Crippen LogP contribution < -0.4 is 21.5 Å². The second kappa shape index (κ2) is 16.6. The number of aryl methyl sites for hydroxylation is 1. The predicted molar refractivity (Wildman–Crippen MR) is 159 cm³/mol. The number of amides is 3. The normalized spacial score (nSPS) is 11.4. The fourth-order valence-corrected chi connectivity index (χ4v) is 4.43. The van der Waals surface area contributed by atoms with Gasteiger partial charge in [0.05, 0.1) is 37.7 Å². The van der Waals surface area contributed by atoms with Crippen LogP contribution in [0.4, 0.5) is 18.0 Å². The van der Waals surface area contributed by atoms with Crippen LogP contribution in [0.2, 0.25) is 0 Å². The van der Waals surface area contributed by atoms with Gasteiger partial charge in [-0.25, -0.2) is 4.79 Å². The SMILES string of the molecule is CCCCCNC(=O)NCCOCCOCCNC(=O)c1cc(-c2ccnn2C)c(C)n(-c2cccc(C(F)(F)F)c2)c1=O. The summed E-state index contributed by atoms with van der Waals surface area (Å²) in [5.41, 5.74) is -0.559. The molecule has 3 rings (SSSR count). The predicted octanol–water partition coefficient (Wildman–Crippen LogP) is 3.82. The minimum Gasteiger partial charge on any atom is -0.377 e. The Bertz CT molecular complexity index is 1450. The van der Waals surface area contributed by atoms with Crippen LogP contribution in [0, 0.1) is 6.92 Å². The van der Waals surface area contributed by atoms with Crippen molar-refractivity contribution in [3.8, 4) is 16.9 Å². The highest BCUT2D eigenvalue weighted by molar-refractivity contribution is 5.95. The molecule has 11 nitrogen and oxygen atoms in total. The first kappa shape index (κ1) is 34.3. The third-order valence-corrected chi connectivity index (χ3v) is 6.72. The number of alkyl halides is 3. The monoisotopic (exact) mass is 620 g/mol. The van der Waals surface area contributed by atoms with E-state index in [1.165, 1.54) is 24.4 Å². The van der Waals surface area contributed by atoms with Gasteiger partial charge in [-0.3, -0.25) is 18.8 Å². The molecule has 0 radical (unpaired) electrons. The largest absolute Gasteiger partial charge is 0.416 e. The Kier molecular flexibility index (Phi) is 13.0. The molecule has 0 unspecified atom stereocenters. The molecule has 3 aromatic rings. The van der Waals surface area contributed by atoms with Gasteiger partial charge >= 0.3 is 12.2 Å². The molecule has 14 heteroatoms. The first-order valence-corrected chi connectivity index (χ1v) is 14.4. The third-order valence-electron chi connectivity index (χ3n) is 6.72. The van der Waals surface area contributed by atoms with Gasteiger partial charge in [0.2, 0.25) is 0 Å². The van der Waals surface area contributed by atoms with E-state index in [1.54, 1.807) is 24.7 Å². The molecule has 0 fully saturated rings. The topological polar surface area (TPSA) is 129 Å². The maximum Gasteiger partial charge on any atom is 0.416 e. The van der Waals surface area contributed by atoms with Crippen molar-refractivity contribution in [3.63, 3.8) is 0 Å². The number of benzene rings is 1. The Morgan fingerprint density at radius 1 is 0.932 bits per heavy atom. The Labute approximate surface area is 253 Å². The lowest BCUT2D eigenvalue weighted by Gasteiger charge is -2.18. The highest BCUT2D eigenvalue weighted by atomic mass is 19.4. The van der Waals surface area contributed by atoms with Crippen molar-refractivity contribution >= 4 is 11.9 Å². The van der Waals surface area contributed by atoms with Crippen molar-refractivity contribution in [1.29, 1.82) is 0 Å². The first-order chi connectivity index (χ1) is 21.0. The summed E-state index contributed by atoms with van der Waals surface area (Å²) in [6, 6.07) is 7.25. The summed E-state index contributed by atoms with van der Waals surface area (Å²) >= 11 is 0. The number of pyridine rings is 1. The zero-order valence-electron chi connectivity index (χ0n) is 25.1. The maximum absolute atomic E-state index is 13.5. The Hall–Kier alpha value is -4.17. The number of hydrogen-bond acceptors (Lipinski definition) is 6. The van der Waals surface area contributed by atoms with E-state index >= 15 is 0 Å². The van der Waals surface area contributed by atoms with E-state index in [2.05, 4.69) is 28.0 Å². The van der Waals surface area contributed by atoms with Crippen molar-refractivity contribution in [2.45, 2.75) is 39.3 Å². The summed E-state index contributed by atoms with van der Waals surface area (Å²) in [6.07, 6.45) is 0.0133. The van der Waals surface area contributed by atoms with Gasteiger partial charge in [-0.1, -0.05) is 25.8 Å². The third kappa shape index (κ3) is 9.67. The van der Waals surface area contributed by atoms with Crippen molar-refractivity contribution in [3.05, 3.63) is 69.8 Å². The van der Waals surface area contributed by atoms with E-state index in [1.807, 2.05) is 0 Å². The smallest absolute Gasteiger partial charge is 0.377 e. The number of aromatic nitrogens is 3. The number of carbonyl (C=O) groups is 2. The number of nitrogens with one attached hydrogen (secondary N) is 3. The molecule has 0 saturated carbocycles. The summed E-state index contributed by atoms with van der Waals surface area (Å²) in [7, 11) is 1.68. The fraction of sp³-hybridized carbons (Fsp3) is 0.467. The molecule has 44 heavy (non-hydrogen) atoms. The zero-order valence-corrected chi connectivity index (χ0v) is 25.1. The maximum atomic E-state index is 13.5. The Balaban J connectivity index is 1.57. The molecule has 0 aliphatic carbocycles. The summed E-state index contributed by atoms with van der Waals surface area (Å²) in [5, 5.41) is 12.2. The number of unbranched alkanes of at least 4 members (excludes halogenated alkanes) is 2. The molecular formula is C30H39F3N6O5. The number of hydrogen-bond donors (Lipinski definition) is 3. The van der Waals surface area contributed by atoms with Crippen LogP contribution in [0.5, 0.6) is 0 Å². The Morgan fingerprint density at radius 2 is 1.61 bits per heavy atom. The molecule has 0 saturated heterocycles. The first-order valence-electron chi connectivity index (χ1n) is 14.4. The number of carbonyl (C=O) groups excluding carboxylic acids is 2. The minimum atomic E-state index is -4.61. The van der Waals surface area contributed by atoms with Crippen molar-refractivity contribution < 1.29 is 32.2 Å².